The number of nitrogens with one attached hydrogen (secondary N) is 1. The summed E-state index contributed by atoms with van der Waals surface area (Å²) in [6.07, 6.45) is 0.168. The Morgan fingerprint density at radius 3 is 2.25 bits per heavy atom. The van der Waals surface area contributed by atoms with E-state index in [2.05, 4.69) is 52.4 Å². The van der Waals surface area contributed by atoms with E-state index in [1.165, 1.54) is 5.56 Å². The molecule has 0 spiro atoms. The van der Waals surface area contributed by atoms with Gasteiger partial charge in [0, 0.05) is 10.5 Å². The first-order chi connectivity index (χ1) is 9.56. The Kier molecular flexibility index (Phi) is 5.07. The minimum Gasteiger partial charge on any atom is -0.489 e. The van der Waals surface area contributed by atoms with E-state index in [1.807, 2.05) is 38.1 Å². The zero-order valence-corrected chi connectivity index (χ0v) is 13.6. The molecular weight excluding hydrogens is 314 g/mol. The lowest BCUT2D eigenvalue weighted by Gasteiger charge is -2.20. The summed E-state index contributed by atoms with van der Waals surface area (Å²) in [7, 11) is 0. The summed E-state index contributed by atoms with van der Waals surface area (Å²) in [5.74, 6) is 0.895. The number of ether oxygens (including phenoxy) is 1. The number of para-hydroxylation sites is 2. The second-order valence-electron chi connectivity index (χ2n) is 5.08. The summed E-state index contributed by atoms with van der Waals surface area (Å²) in [6, 6.07) is 16.6. The Labute approximate surface area is 129 Å². The van der Waals surface area contributed by atoms with Gasteiger partial charge in [0.15, 0.2) is 0 Å². The van der Waals surface area contributed by atoms with Gasteiger partial charge in [-0.25, -0.2) is 0 Å². The molecule has 2 aromatic rings. The molecule has 1 N–H and O–H groups in total. The molecule has 0 radical (unpaired) electrons. The highest BCUT2D eigenvalue weighted by atomic mass is 79.9. The molecule has 1 atom stereocenters. The lowest BCUT2D eigenvalue weighted by molar-refractivity contribution is 0.243. The lowest BCUT2D eigenvalue weighted by atomic mass is 10.1. The van der Waals surface area contributed by atoms with Crippen molar-refractivity contribution in [2.45, 2.75) is 32.9 Å². The molecular formula is C17H20BrNO. The van der Waals surface area contributed by atoms with Crippen molar-refractivity contribution >= 4 is 21.6 Å². The van der Waals surface area contributed by atoms with Crippen LogP contribution in [-0.2, 0) is 0 Å². The van der Waals surface area contributed by atoms with Crippen LogP contribution in [0.25, 0.3) is 0 Å². The van der Waals surface area contributed by atoms with Gasteiger partial charge in [-0.2, -0.15) is 0 Å². The first-order valence-electron chi connectivity index (χ1n) is 6.84. The highest BCUT2D eigenvalue weighted by Crippen LogP contribution is 2.29. The van der Waals surface area contributed by atoms with Crippen molar-refractivity contribution in [3.8, 4) is 5.75 Å². The average Bonchev–Trinajstić information content (AvgIpc) is 2.41. The number of halogens is 1. The fraction of sp³-hybridized carbons (Fsp3) is 0.294. The topological polar surface area (TPSA) is 21.3 Å². The summed E-state index contributed by atoms with van der Waals surface area (Å²) in [4.78, 5) is 0. The maximum atomic E-state index is 5.83. The maximum Gasteiger partial charge on any atom is 0.142 e. The predicted molar refractivity (Wildman–Crippen MR) is 88.4 cm³/mol. The minimum atomic E-state index is 0.168. The molecule has 2 aromatic carbocycles. The van der Waals surface area contributed by atoms with Crippen molar-refractivity contribution in [2.75, 3.05) is 5.32 Å². The molecule has 0 fully saturated rings. The van der Waals surface area contributed by atoms with E-state index in [-0.39, 0.29) is 12.1 Å². The molecule has 106 valence electrons. The molecule has 0 saturated carbocycles. The fourth-order valence-corrected chi connectivity index (χ4v) is 2.27. The van der Waals surface area contributed by atoms with Crippen LogP contribution in [0.15, 0.2) is 53.0 Å². The van der Waals surface area contributed by atoms with Gasteiger partial charge in [-0.05, 0) is 50.6 Å². The molecule has 3 heteroatoms. The highest BCUT2D eigenvalue weighted by Gasteiger charge is 2.09. The zero-order valence-electron chi connectivity index (χ0n) is 12.1. The molecule has 0 bridgehead atoms. The molecule has 0 aliphatic rings. The van der Waals surface area contributed by atoms with Gasteiger partial charge in [0.1, 0.15) is 5.75 Å². The standard InChI is InChI=1S/C17H20BrNO/c1-12(2)20-17-7-5-4-6-16(17)19-13(3)14-8-10-15(18)11-9-14/h4-13,19H,1-3H3. The first-order valence-corrected chi connectivity index (χ1v) is 7.63. The third kappa shape index (κ3) is 4.01. The van der Waals surface area contributed by atoms with Gasteiger partial charge >= 0.3 is 0 Å². The van der Waals surface area contributed by atoms with Gasteiger partial charge in [0.2, 0.25) is 0 Å². The van der Waals surface area contributed by atoms with E-state index in [0.717, 1.165) is 15.9 Å². The molecule has 20 heavy (non-hydrogen) atoms. The van der Waals surface area contributed by atoms with Gasteiger partial charge in [-0.1, -0.05) is 40.2 Å². The van der Waals surface area contributed by atoms with E-state index < -0.39 is 0 Å². The molecule has 0 heterocycles. The van der Waals surface area contributed by atoms with Crippen molar-refractivity contribution < 1.29 is 4.74 Å². The maximum absolute atomic E-state index is 5.83. The number of hydrogen-bond donors (Lipinski definition) is 1. The van der Waals surface area contributed by atoms with Crippen LogP contribution in [0.5, 0.6) is 5.75 Å². The number of rotatable bonds is 5. The molecule has 2 rings (SSSR count). The summed E-state index contributed by atoms with van der Waals surface area (Å²) >= 11 is 3.46. The van der Waals surface area contributed by atoms with Gasteiger partial charge in [0.05, 0.1) is 11.8 Å². The fourth-order valence-electron chi connectivity index (χ4n) is 2.01. The first kappa shape index (κ1) is 14.9. The second kappa shape index (κ2) is 6.80. The Bertz CT molecular complexity index is 551. The van der Waals surface area contributed by atoms with Crippen LogP contribution >= 0.6 is 15.9 Å². The molecule has 2 nitrogen and oxygen atoms in total. The predicted octanol–water partition coefficient (Wildman–Crippen LogP) is 5.41. The van der Waals surface area contributed by atoms with Crippen molar-refractivity contribution in [3.63, 3.8) is 0 Å². The molecule has 0 amide bonds. The summed E-state index contributed by atoms with van der Waals surface area (Å²) in [5.41, 5.74) is 2.27. The molecule has 1 unspecified atom stereocenters. The molecule has 0 saturated heterocycles. The van der Waals surface area contributed by atoms with Crippen LogP contribution in [-0.4, -0.2) is 6.10 Å². The second-order valence-corrected chi connectivity index (χ2v) is 6.00. The third-order valence-corrected chi connectivity index (χ3v) is 3.52. The minimum absolute atomic E-state index is 0.168. The monoisotopic (exact) mass is 333 g/mol. The van der Waals surface area contributed by atoms with Crippen LogP contribution < -0.4 is 10.1 Å². The van der Waals surface area contributed by atoms with Gasteiger partial charge < -0.3 is 10.1 Å². The normalized spacial score (nSPS) is 12.2. The Morgan fingerprint density at radius 1 is 0.950 bits per heavy atom. The van der Waals surface area contributed by atoms with E-state index >= 15 is 0 Å². The largest absolute Gasteiger partial charge is 0.489 e. The van der Waals surface area contributed by atoms with E-state index in [4.69, 9.17) is 4.74 Å². The van der Waals surface area contributed by atoms with E-state index in [9.17, 15) is 0 Å². The number of hydrogen-bond acceptors (Lipinski definition) is 2. The van der Waals surface area contributed by atoms with Crippen LogP contribution in [0.2, 0.25) is 0 Å². The summed E-state index contributed by atoms with van der Waals surface area (Å²) in [6.45, 7) is 6.22. The smallest absolute Gasteiger partial charge is 0.142 e. The zero-order chi connectivity index (χ0) is 14.5. The van der Waals surface area contributed by atoms with Gasteiger partial charge in [-0.15, -0.1) is 0 Å². The van der Waals surface area contributed by atoms with Crippen LogP contribution in [0.4, 0.5) is 5.69 Å². The van der Waals surface area contributed by atoms with Crippen LogP contribution in [0.3, 0.4) is 0 Å². The highest BCUT2D eigenvalue weighted by molar-refractivity contribution is 9.10. The van der Waals surface area contributed by atoms with Crippen molar-refractivity contribution in [1.29, 1.82) is 0 Å². The van der Waals surface area contributed by atoms with Crippen molar-refractivity contribution in [1.82, 2.24) is 0 Å². The number of anilines is 1. The van der Waals surface area contributed by atoms with Crippen LogP contribution in [0.1, 0.15) is 32.4 Å². The summed E-state index contributed by atoms with van der Waals surface area (Å²) < 4.78 is 6.93. The summed E-state index contributed by atoms with van der Waals surface area (Å²) in [5, 5.41) is 3.51. The van der Waals surface area contributed by atoms with Gasteiger partial charge in [-0.3, -0.25) is 0 Å². The van der Waals surface area contributed by atoms with Gasteiger partial charge in [0.25, 0.3) is 0 Å². The molecule has 0 aliphatic carbocycles. The van der Waals surface area contributed by atoms with E-state index in [1.54, 1.807) is 0 Å². The SMILES string of the molecule is CC(C)Oc1ccccc1NC(C)c1ccc(Br)cc1. The van der Waals surface area contributed by atoms with E-state index in [0.29, 0.717) is 0 Å². The average molecular weight is 334 g/mol. The third-order valence-electron chi connectivity index (χ3n) is 2.99. The Hall–Kier alpha value is -1.48. The lowest BCUT2D eigenvalue weighted by Crippen LogP contribution is -2.11. The number of benzene rings is 2. The Balaban J connectivity index is 2.15. The quantitative estimate of drug-likeness (QED) is 0.789. The van der Waals surface area contributed by atoms with Crippen molar-refractivity contribution in [3.05, 3.63) is 58.6 Å². The molecule has 0 aromatic heterocycles. The molecule has 0 aliphatic heterocycles. The van der Waals surface area contributed by atoms with Crippen molar-refractivity contribution in [2.24, 2.45) is 0 Å². The Morgan fingerprint density at radius 2 is 1.60 bits per heavy atom. The van der Waals surface area contributed by atoms with Crippen LogP contribution in [0, 0.1) is 0 Å².